The highest BCUT2D eigenvalue weighted by Gasteiger charge is 2.37. The molecule has 184 valence electrons. The molecule has 1 saturated heterocycles. The molecule has 3 aromatic rings. The van der Waals surface area contributed by atoms with Crippen molar-refractivity contribution in [3.63, 3.8) is 0 Å². The molecule has 1 fully saturated rings. The van der Waals surface area contributed by atoms with Crippen molar-refractivity contribution in [3.05, 3.63) is 88.5 Å². The van der Waals surface area contributed by atoms with Gasteiger partial charge in [0.25, 0.3) is 11.8 Å². The van der Waals surface area contributed by atoms with Gasteiger partial charge in [-0.3, -0.25) is 14.9 Å². The van der Waals surface area contributed by atoms with Crippen LogP contribution in [0.2, 0.25) is 5.02 Å². The Morgan fingerprint density at radius 3 is 2.39 bits per heavy atom. The Morgan fingerprint density at radius 1 is 0.917 bits per heavy atom. The molecule has 1 heterocycles. The summed E-state index contributed by atoms with van der Waals surface area (Å²) < 4.78 is 16.7. The molecule has 36 heavy (non-hydrogen) atoms. The van der Waals surface area contributed by atoms with Gasteiger partial charge >= 0.3 is 6.03 Å². The highest BCUT2D eigenvalue weighted by Crippen LogP contribution is 2.28. The van der Waals surface area contributed by atoms with Crippen LogP contribution in [0.25, 0.3) is 6.08 Å². The number of nitrogens with one attached hydrogen (secondary N) is 1. The van der Waals surface area contributed by atoms with Crippen molar-refractivity contribution < 1.29 is 28.6 Å². The van der Waals surface area contributed by atoms with Gasteiger partial charge in [0.2, 0.25) is 0 Å². The Balaban J connectivity index is 1.54. The number of amides is 4. The molecule has 0 unspecified atom stereocenters. The topological polar surface area (TPSA) is 94.2 Å². The summed E-state index contributed by atoms with van der Waals surface area (Å²) >= 11 is 6.17. The Morgan fingerprint density at radius 2 is 1.67 bits per heavy atom. The molecule has 4 rings (SSSR count). The number of halogens is 1. The van der Waals surface area contributed by atoms with Crippen LogP contribution < -0.4 is 24.4 Å². The normalized spacial score (nSPS) is 14.6. The number of anilines is 1. The third kappa shape index (κ3) is 5.67. The third-order valence-corrected chi connectivity index (χ3v) is 5.54. The largest absolute Gasteiger partial charge is 0.497 e. The number of barbiturate groups is 1. The molecular weight excluding hydrogens is 484 g/mol. The SMILES string of the molecule is COc1ccc(N2C(=O)NC(=O)C(=Cc3cc(Cl)ccc3OCCOc3cccc(C)c3)C2=O)cc1. The second kappa shape index (κ2) is 11.0. The van der Waals surface area contributed by atoms with E-state index in [1.807, 2.05) is 31.2 Å². The van der Waals surface area contributed by atoms with Crippen molar-refractivity contribution >= 4 is 41.2 Å². The Labute approximate surface area is 213 Å². The quantitative estimate of drug-likeness (QED) is 0.268. The zero-order chi connectivity index (χ0) is 25.7. The van der Waals surface area contributed by atoms with Crippen LogP contribution in [0.5, 0.6) is 17.2 Å². The lowest BCUT2D eigenvalue weighted by molar-refractivity contribution is -0.122. The number of ether oxygens (including phenoxy) is 3. The van der Waals surface area contributed by atoms with Crippen LogP contribution in [0, 0.1) is 6.92 Å². The average molecular weight is 507 g/mol. The first kappa shape index (κ1) is 24.8. The average Bonchev–Trinajstić information content (AvgIpc) is 2.86. The first-order valence-corrected chi connectivity index (χ1v) is 11.4. The Hall–Kier alpha value is -4.30. The Bertz CT molecular complexity index is 1340. The molecule has 0 saturated carbocycles. The van der Waals surface area contributed by atoms with E-state index < -0.39 is 17.8 Å². The number of nitrogens with zero attached hydrogens (tertiary/aromatic N) is 1. The van der Waals surface area contributed by atoms with Crippen molar-refractivity contribution in [2.75, 3.05) is 25.2 Å². The summed E-state index contributed by atoms with van der Waals surface area (Å²) in [5, 5.41) is 2.59. The zero-order valence-electron chi connectivity index (χ0n) is 19.6. The number of benzene rings is 3. The number of carbonyl (C=O) groups excluding carboxylic acids is 3. The van der Waals surface area contributed by atoms with Gasteiger partial charge < -0.3 is 14.2 Å². The molecule has 1 aliphatic rings. The van der Waals surface area contributed by atoms with Gasteiger partial charge in [-0.25, -0.2) is 9.69 Å². The standard InChI is InChI=1S/C27H23ClN2O6/c1-17-4-3-5-22(14-17)35-12-13-36-24-11-6-19(28)15-18(24)16-23-25(31)29-27(33)30(26(23)32)20-7-9-21(34-2)10-8-20/h3-11,14-16H,12-13H2,1-2H3,(H,29,31,33). The van der Waals surface area contributed by atoms with Crippen LogP contribution in [0.1, 0.15) is 11.1 Å². The summed E-state index contributed by atoms with van der Waals surface area (Å²) in [5.74, 6) is 0.0895. The number of rotatable bonds is 8. The maximum Gasteiger partial charge on any atom is 0.335 e. The molecule has 8 nitrogen and oxygen atoms in total. The zero-order valence-corrected chi connectivity index (χ0v) is 20.4. The summed E-state index contributed by atoms with van der Waals surface area (Å²) in [5.41, 5.74) is 1.53. The molecule has 0 aromatic heterocycles. The fourth-order valence-corrected chi connectivity index (χ4v) is 3.74. The van der Waals surface area contributed by atoms with Crippen LogP contribution in [-0.2, 0) is 9.59 Å². The smallest absolute Gasteiger partial charge is 0.335 e. The minimum Gasteiger partial charge on any atom is -0.497 e. The summed E-state index contributed by atoms with van der Waals surface area (Å²) in [6, 6.07) is 18.0. The fraction of sp³-hybridized carbons (Fsp3) is 0.148. The van der Waals surface area contributed by atoms with Gasteiger partial charge in [-0.2, -0.15) is 0 Å². The number of carbonyl (C=O) groups is 3. The molecule has 1 N–H and O–H groups in total. The number of urea groups is 1. The van der Waals surface area contributed by atoms with Crippen LogP contribution in [0.15, 0.2) is 72.3 Å². The van der Waals surface area contributed by atoms with E-state index in [-0.39, 0.29) is 24.5 Å². The highest BCUT2D eigenvalue weighted by molar-refractivity contribution is 6.39. The molecular formula is C27H23ClN2O6. The first-order chi connectivity index (χ1) is 17.4. The second-order valence-electron chi connectivity index (χ2n) is 7.85. The number of imide groups is 2. The molecule has 0 bridgehead atoms. The number of hydrogen-bond acceptors (Lipinski definition) is 6. The second-order valence-corrected chi connectivity index (χ2v) is 8.29. The van der Waals surface area contributed by atoms with Gasteiger partial charge in [-0.05, 0) is 73.2 Å². The van der Waals surface area contributed by atoms with E-state index in [0.717, 1.165) is 16.2 Å². The molecule has 0 spiro atoms. The summed E-state index contributed by atoms with van der Waals surface area (Å²) in [4.78, 5) is 39.1. The van der Waals surface area contributed by atoms with Crippen LogP contribution in [0.4, 0.5) is 10.5 Å². The lowest BCUT2D eigenvalue weighted by Gasteiger charge is -2.26. The summed E-state index contributed by atoms with van der Waals surface area (Å²) in [7, 11) is 1.51. The van der Waals surface area contributed by atoms with E-state index in [4.69, 9.17) is 25.8 Å². The van der Waals surface area contributed by atoms with Crippen LogP contribution in [-0.4, -0.2) is 38.2 Å². The van der Waals surface area contributed by atoms with Gasteiger partial charge in [-0.15, -0.1) is 0 Å². The van der Waals surface area contributed by atoms with Gasteiger partial charge in [-0.1, -0.05) is 23.7 Å². The van der Waals surface area contributed by atoms with Gasteiger partial charge in [0.05, 0.1) is 12.8 Å². The van der Waals surface area contributed by atoms with Crippen molar-refractivity contribution in [2.45, 2.75) is 6.92 Å². The molecule has 1 aliphatic heterocycles. The molecule has 4 amide bonds. The van der Waals surface area contributed by atoms with Crippen molar-refractivity contribution in [2.24, 2.45) is 0 Å². The van der Waals surface area contributed by atoms with Crippen LogP contribution in [0.3, 0.4) is 0 Å². The van der Waals surface area contributed by atoms with E-state index in [0.29, 0.717) is 22.1 Å². The summed E-state index contributed by atoms with van der Waals surface area (Å²) in [6.45, 7) is 2.46. The van der Waals surface area contributed by atoms with E-state index in [9.17, 15) is 14.4 Å². The van der Waals surface area contributed by atoms with E-state index in [1.54, 1.807) is 42.5 Å². The lowest BCUT2D eigenvalue weighted by atomic mass is 10.1. The maximum atomic E-state index is 13.2. The number of aryl methyl sites for hydroxylation is 1. The molecule has 0 radical (unpaired) electrons. The monoisotopic (exact) mass is 506 g/mol. The van der Waals surface area contributed by atoms with Crippen molar-refractivity contribution in [1.29, 1.82) is 0 Å². The van der Waals surface area contributed by atoms with E-state index in [1.165, 1.54) is 13.2 Å². The fourth-order valence-electron chi connectivity index (χ4n) is 3.56. The van der Waals surface area contributed by atoms with Gasteiger partial charge in [0, 0.05) is 10.6 Å². The molecule has 3 aromatic carbocycles. The molecule has 0 aliphatic carbocycles. The Kier molecular flexibility index (Phi) is 7.56. The molecule has 9 heteroatoms. The third-order valence-electron chi connectivity index (χ3n) is 5.30. The first-order valence-electron chi connectivity index (χ1n) is 11.0. The predicted molar refractivity (Wildman–Crippen MR) is 136 cm³/mol. The van der Waals surface area contributed by atoms with Crippen molar-refractivity contribution in [1.82, 2.24) is 5.32 Å². The molecule has 0 atom stereocenters. The highest BCUT2D eigenvalue weighted by atomic mass is 35.5. The minimum atomic E-state index is -0.844. The minimum absolute atomic E-state index is 0.211. The maximum absolute atomic E-state index is 13.2. The number of methoxy groups -OCH3 is 1. The van der Waals surface area contributed by atoms with Crippen molar-refractivity contribution in [3.8, 4) is 17.2 Å². The number of hydrogen-bond donors (Lipinski definition) is 1. The van der Waals surface area contributed by atoms with Gasteiger partial charge in [0.15, 0.2) is 0 Å². The van der Waals surface area contributed by atoms with E-state index in [2.05, 4.69) is 5.32 Å². The van der Waals surface area contributed by atoms with E-state index >= 15 is 0 Å². The summed E-state index contributed by atoms with van der Waals surface area (Å²) in [6.07, 6.45) is 1.35. The van der Waals surface area contributed by atoms with Gasteiger partial charge in [0.1, 0.15) is 36.0 Å². The van der Waals surface area contributed by atoms with Crippen LogP contribution >= 0.6 is 11.6 Å². The lowest BCUT2D eigenvalue weighted by Crippen LogP contribution is -2.54. The predicted octanol–water partition coefficient (Wildman–Crippen LogP) is 4.78.